The SMILES string of the molecule is COc1c(N)cc(Cl)cc1Cn1c(=O)cc(C(F)(F)F)n(C)c1=O. The van der Waals surface area contributed by atoms with Crippen molar-refractivity contribution in [3.05, 3.63) is 55.3 Å². The summed E-state index contributed by atoms with van der Waals surface area (Å²) in [6, 6.07) is 3.19. The van der Waals surface area contributed by atoms with Gasteiger partial charge in [-0.15, -0.1) is 0 Å². The summed E-state index contributed by atoms with van der Waals surface area (Å²) in [7, 11) is 2.27. The Bertz CT molecular complexity index is 903. The van der Waals surface area contributed by atoms with E-state index in [0.717, 1.165) is 7.05 Å². The predicted molar refractivity (Wildman–Crippen MR) is 82.5 cm³/mol. The highest BCUT2D eigenvalue weighted by molar-refractivity contribution is 6.31. The van der Waals surface area contributed by atoms with Crippen LogP contribution < -0.4 is 21.7 Å². The van der Waals surface area contributed by atoms with Crippen LogP contribution in [0.1, 0.15) is 11.3 Å². The molecule has 0 aliphatic carbocycles. The number of halogens is 4. The van der Waals surface area contributed by atoms with Gasteiger partial charge in [-0.2, -0.15) is 13.2 Å². The highest BCUT2D eigenvalue weighted by Gasteiger charge is 2.35. The zero-order valence-electron chi connectivity index (χ0n) is 12.6. The monoisotopic (exact) mass is 363 g/mol. The standard InChI is InChI=1S/C14H13ClF3N3O3/c1-20-10(14(16,17)18)5-11(22)21(13(20)23)6-7-3-8(15)4-9(19)12(7)24-2/h3-5H,6,19H2,1-2H3. The second-order valence-electron chi connectivity index (χ2n) is 4.98. The summed E-state index contributed by atoms with van der Waals surface area (Å²) in [6.45, 7) is -0.336. The molecule has 0 amide bonds. The van der Waals surface area contributed by atoms with Gasteiger partial charge in [-0.25, -0.2) is 4.79 Å². The Kier molecular flexibility index (Phi) is 4.66. The maximum Gasteiger partial charge on any atom is 0.431 e. The summed E-state index contributed by atoms with van der Waals surface area (Å²) in [5.41, 5.74) is 2.68. The fraction of sp³-hybridized carbons (Fsp3) is 0.286. The van der Waals surface area contributed by atoms with Crippen molar-refractivity contribution in [2.24, 2.45) is 7.05 Å². The maximum absolute atomic E-state index is 12.8. The number of aromatic nitrogens is 2. The Labute approximate surface area is 138 Å². The molecule has 0 radical (unpaired) electrons. The second kappa shape index (κ2) is 6.23. The third kappa shape index (κ3) is 3.25. The molecule has 1 aromatic carbocycles. The molecule has 0 saturated heterocycles. The minimum atomic E-state index is -4.82. The predicted octanol–water partition coefficient (Wildman–Crippen LogP) is 1.86. The van der Waals surface area contributed by atoms with Gasteiger partial charge in [0.15, 0.2) is 0 Å². The molecule has 10 heteroatoms. The highest BCUT2D eigenvalue weighted by Crippen LogP contribution is 2.31. The van der Waals surface area contributed by atoms with E-state index in [1.54, 1.807) is 0 Å². The smallest absolute Gasteiger partial charge is 0.431 e. The lowest BCUT2D eigenvalue weighted by Gasteiger charge is -2.16. The van der Waals surface area contributed by atoms with Crippen molar-refractivity contribution in [3.63, 3.8) is 0 Å². The largest absolute Gasteiger partial charge is 0.494 e. The number of rotatable bonds is 3. The molecule has 2 rings (SSSR count). The normalized spacial score (nSPS) is 11.6. The van der Waals surface area contributed by atoms with E-state index in [0.29, 0.717) is 20.8 Å². The molecule has 130 valence electrons. The number of hydrogen-bond acceptors (Lipinski definition) is 4. The zero-order chi connectivity index (χ0) is 18.2. The van der Waals surface area contributed by atoms with E-state index in [2.05, 4.69) is 0 Å². The molecule has 24 heavy (non-hydrogen) atoms. The average molecular weight is 364 g/mol. The third-order valence-corrected chi connectivity index (χ3v) is 3.61. The van der Waals surface area contributed by atoms with E-state index in [1.807, 2.05) is 0 Å². The lowest BCUT2D eigenvalue weighted by atomic mass is 10.1. The number of hydrogen-bond donors (Lipinski definition) is 1. The molecule has 1 heterocycles. The summed E-state index contributed by atoms with van der Waals surface area (Å²) >= 11 is 5.89. The van der Waals surface area contributed by atoms with Crippen molar-refractivity contribution in [1.29, 1.82) is 0 Å². The first kappa shape index (κ1) is 17.9. The molecule has 0 aliphatic heterocycles. The topological polar surface area (TPSA) is 79.2 Å². The van der Waals surface area contributed by atoms with E-state index in [4.69, 9.17) is 22.1 Å². The lowest BCUT2D eigenvalue weighted by molar-refractivity contribution is -0.144. The number of nitrogen functional groups attached to an aromatic ring is 1. The van der Waals surface area contributed by atoms with Crippen LogP contribution in [0.15, 0.2) is 27.8 Å². The van der Waals surface area contributed by atoms with Gasteiger partial charge < -0.3 is 10.5 Å². The van der Waals surface area contributed by atoms with Gasteiger partial charge in [0.05, 0.1) is 19.3 Å². The minimum absolute atomic E-state index is 0.178. The van der Waals surface area contributed by atoms with E-state index < -0.39 is 23.1 Å². The Balaban J connectivity index is 2.63. The van der Waals surface area contributed by atoms with Gasteiger partial charge in [-0.05, 0) is 12.1 Å². The minimum Gasteiger partial charge on any atom is -0.494 e. The number of methoxy groups -OCH3 is 1. The molecule has 0 saturated carbocycles. The summed E-state index contributed by atoms with van der Waals surface area (Å²) in [5, 5.41) is 0.236. The molecule has 0 bridgehead atoms. The Morgan fingerprint density at radius 2 is 1.88 bits per heavy atom. The molecule has 2 aromatic rings. The summed E-state index contributed by atoms with van der Waals surface area (Å²) in [4.78, 5) is 24.1. The number of alkyl halides is 3. The molecule has 6 nitrogen and oxygen atoms in total. The first-order chi connectivity index (χ1) is 11.1. The molecule has 0 aliphatic rings. The molecular weight excluding hydrogens is 351 g/mol. The summed E-state index contributed by atoms with van der Waals surface area (Å²) in [5.74, 6) is 0.188. The van der Waals surface area contributed by atoms with Gasteiger partial charge in [0.25, 0.3) is 5.56 Å². The Morgan fingerprint density at radius 1 is 1.25 bits per heavy atom. The van der Waals surface area contributed by atoms with Crippen LogP contribution in [0.4, 0.5) is 18.9 Å². The van der Waals surface area contributed by atoms with Gasteiger partial charge in [0.1, 0.15) is 11.4 Å². The molecule has 0 spiro atoms. The van der Waals surface area contributed by atoms with Gasteiger partial charge in [0.2, 0.25) is 0 Å². The van der Waals surface area contributed by atoms with Crippen molar-refractivity contribution in [2.75, 3.05) is 12.8 Å². The lowest BCUT2D eigenvalue weighted by Crippen LogP contribution is -2.41. The Hall–Kier alpha value is -2.42. The number of nitrogens with two attached hydrogens (primary N) is 1. The molecule has 2 N–H and O–H groups in total. The van der Waals surface area contributed by atoms with Crippen molar-refractivity contribution in [1.82, 2.24) is 9.13 Å². The van der Waals surface area contributed by atoms with Crippen LogP contribution >= 0.6 is 11.6 Å². The van der Waals surface area contributed by atoms with Crippen LogP contribution in [-0.2, 0) is 19.8 Å². The van der Waals surface area contributed by atoms with E-state index >= 15 is 0 Å². The van der Waals surface area contributed by atoms with Gasteiger partial charge >= 0.3 is 11.9 Å². The fourth-order valence-corrected chi connectivity index (χ4v) is 2.55. The Morgan fingerprint density at radius 3 is 2.42 bits per heavy atom. The van der Waals surface area contributed by atoms with Crippen molar-refractivity contribution < 1.29 is 17.9 Å². The fourth-order valence-electron chi connectivity index (χ4n) is 2.30. The first-order valence-corrected chi connectivity index (χ1v) is 6.94. The molecule has 0 atom stereocenters. The van der Waals surface area contributed by atoms with Crippen LogP contribution in [0, 0.1) is 0 Å². The van der Waals surface area contributed by atoms with E-state index in [1.165, 1.54) is 19.2 Å². The number of nitrogens with zero attached hydrogens (tertiary/aromatic N) is 2. The second-order valence-corrected chi connectivity index (χ2v) is 5.42. The molecule has 1 aromatic heterocycles. The number of benzene rings is 1. The van der Waals surface area contributed by atoms with E-state index in [-0.39, 0.29) is 23.0 Å². The van der Waals surface area contributed by atoms with Crippen molar-refractivity contribution in [3.8, 4) is 5.75 Å². The highest BCUT2D eigenvalue weighted by atomic mass is 35.5. The van der Waals surface area contributed by atoms with Crippen molar-refractivity contribution >= 4 is 17.3 Å². The molecule has 0 unspecified atom stereocenters. The maximum atomic E-state index is 12.8. The van der Waals surface area contributed by atoms with Crippen LogP contribution in [0.3, 0.4) is 0 Å². The number of ether oxygens (including phenoxy) is 1. The average Bonchev–Trinajstić information content (AvgIpc) is 2.45. The summed E-state index contributed by atoms with van der Waals surface area (Å²) < 4.78 is 44.6. The van der Waals surface area contributed by atoms with Crippen LogP contribution in [0.2, 0.25) is 5.02 Å². The van der Waals surface area contributed by atoms with E-state index in [9.17, 15) is 22.8 Å². The first-order valence-electron chi connectivity index (χ1n) is 6.56. The van der Waals surface area contributed by atoms with Gasteiger partial charge in [-0.3, -0.25) is 13.9 Å². The number of anilines is 1. The quantitative estimate of drug-likeness (QED) is 0.844. The van der Waals surface area contributed by atoms with Crippen LogP contribution in [0.25, 0.3) is 0 Å². The van der Waals surface area contributed by atoms with Crippen LogP contribution in [-0.4, -0.2) is 16.2 Å². The molecule has 0 fully saturated rings. The molecular formula is C14H13ClF3N3O3. The third-order valence-electron chi connectivity index (χ3n) is 3.39. The van der Waals surface area contributed by atoms with Gasteiger partial charge in [0, 0.05) is 23.7 Å². The zero-order valence-corrected chi connectivity index (χ0v) is 13.4. The van der Waals surface area contributed by atoms with Gasteiger partial charge in [-0.1, -0.05) is 11.6 Å². The summed E-state index contributed by atoms with van der Waals surface area (Å²) in [6.07, 6.45) is -4.82. The van der Waals surface area contributed by atoms with Crippen LogP contribution in [0.5, 0.6) is 5.75 Å². The van der Waals surface area contributed by atoms with Crippen molar-refractivity contribution in [2.45, 2.75) is 12.7 Å².